The fraction of sp³-hybridized carbons (Fsp3) is 0.382. The number of urea groups is 1. The summed E-state index contributed by atoms with van der Waals surface area (Å²) in [5.41, 5.74) is 5.22. The SMILES string of the molecule is Cc1noc(C)c1NC(=O)N1CCC(CCOc2ccc3cc2CCc2cncc(c2)Nc2ncc(Cl)c(n2)N3)CC1.O=C(O)C(F)(F)F.O=C(O)C(F)(F)F. The zero-order chi connectivity index (χ0) is 41.2. The van der Waals surface area contributed by atoms with Gasteiger partial charge in [-0.15, -0.1) is 0 Å². The number of pyridine rings is 1. The highest BCUT2D eigenvalue weighted by Crippen LogP contribution is 2.31. The summed E-state index contributed by atoms with van der Waals surface area (Å²) in [6.45, 7) is 5.64. The number of aryl methyl sites for hydroxylation is 4. The van der Waals surface area contributed by atoms with Gasteiger partial charge in [-0.3, -0.25) is 4.98 Å². The zero-order valence-electron chi connectivity index (χ0n) is 29.6. The number of carbonyl (C=O) groups excluding carboxylic acids is 1. The van der Waals surface area contributed by atoms with Gasteiger partial charge in [0.2, 0.25) is 5.95 Å². The van der Waals surface area contributed by atoms with Crippen LogP contribution in [0.2, 0.25) is 5.02 Å². The standard InChI is InChI=1S/C30H33ClN8O3.2C2HF3O2/c1-18-27(19(2)42-38-18)36-30(40)39-10-7-20(8-11-39)9-12-41-26-6-5-23-14-22(26)4-3-21-13-24(16-32-15-21)35-29-33-17-25(31)28(34-23)37-29;2*3-2(4,5)1(6)7/h5-6,13-17,20H,3-4,7-12H2,1-2H3,(H,36,40)(H2,33,34,35,37);2*(H,6,7). The van der Waals surface area contributed by atoms with E-state index in [-0.39, 0.29) is 6.03 Å². The van der Waals surface area contributed by atoms with Crippen LogP contribution in [-0.4, -0.2) is 85.2 Å². The first kappa shape index (κ1) is 42.9. The number of alkyl halides is 6. The average Bonchev–Trinajstić information content (AvgIpc) is 3.45. The number of ether oxygens (including phenoxy) is 1. The zero-order valence-corrected chi connectivity index (χ0v) is 30.3. The van der Waals surface area contributed by atoms with Crippen molar-refractivity contribution in [2.75, 3.05) is 35.6 Å². The molecule has 0 unspecified atom stereocenters. The lowest BCUT2D eigenvalue weighted by molar-refractivity contribution is -0.193. The minimum absolute atomic E-state index is 0.108. The fourth-order valence-corrected chi connectivity index (χ4v) is 5.49. The van der Waals surface area contributed by atoms with Gasteiger partial charge in [-0.05, 0) is 87.3 Å². The molecule has 0 aliphatic carbocycles. The van der Waals surface area contributed by atoms with E-state index in [1.807, 2.05) is 30.2 Å². The predicted molar refractivity (Wildman–Crippen MR) is 188 cm³/mol. The Morgan fingerprint density at radius 3 is 2.23 bits per heavy atom. The van der Waals surface area contributed by atoms with Gasteiger partial charge < -0.3 is 40.3 Å². The molecule has 4 aromatic rings. The Morgan fingerprint density at radius 2 is 1.62 bits per heavy atom. The Bertz CT molecular complexity index is 1960. The van der Waals surface area contributed by atoms with Gasteiger partial charge in [-0.25, -0.2) is 19.4 Å². The van der Waals surface area contributed by atoms with E-state index in [1.54, 1.807) is 19.3 Å². The van der Waals surface area contributed by atoms with Gasteiger partial charge in [0.15, 0.2) is 11.6 Å². The summed E-state index contributed by atoms with van der Waals surface area (Å²) in [5.74, 6) is -2.59. The van der Waals surface area contributed by atoms with Crippen molar-refractivity contribution >= 4 is 58.4 Å². The highest BCUT2D eigenvalue weighted by molar-refractivity contribution is 6.32. The molecule has 1 saturated heterocycles. The molecule has 1 fully saturated rings. The molecule has 2 aliphatic rings. The van der Waals surface area contributed by atoms with Crippen molar-refractivity contribution in [3.63, 3.8) is 0 Å². The number of rotatable bonds is 5. The molecule has 0 radical (unpaired) electrons. The monoisotopic (exact) mass is 816 g/mol. The van der Waals surface area contributed by atoms with E-state index in [0.717, 1.165) is 60.4 Å². The number of nitrogens with zero attached hydrogens (tertiary/aromatic N) is 5. The first-order valence-corrected chi connectivity index (χ1v) is 17.0. The summed E-state index contributed by atoms with van der Waals surface area (Å²) in [4.78, 5) is 45.6. The number of amides is 2. The summed E-state index contributed by atoms with van der Waals surface area (Å²) in [6, 6.07) is 8.01. The van der Waals surface area contributed by atoms with E-state index >= 15 is 0 Å². The minimum atomic E-state index is -5.08. The quantitative estimate of drug-likeness (QED) is 0.123. The van der Waals surface area contributed by atoms with Crippen LogP contribution in [0.3, 0.4) is 0 Å². The van der Waals surface area contributed by atoms with Crippen LogP contribution in [0.5, 0.6) is 5.75 Å². The fourth-order valence-electron chi connectivity index (χ4n) is 5.35. The number of carboxylic acids is 2. The number of carbonyl (C=O) groups is 3. The number of fused-ring (bicyclic) bond motifs is 6. The Kier molecular flexibility index (Phi) is 14.3. The number of aliphatic carboxylic acids is 2. The maximum Gasteiger partial charge on any atom is 0.490 e. The largest absolute Gasteiger partial charge is 0.493 e. The second kappa shape index (κ2) is 18.7. The van der Waals surface area contributed by atoms with E-state index < -0.39 is 24.3 Å². The summed E-state index contributed by atoms with van der Waals surface area (Å²) in [6.07, 6.45) is -0.580. The highest BCUT2D eigenvalue weighted by atomic mass is 35.5. The number of hydrogen-bond donors (Lipinski definition) is 5. The third-order valence-electron chi connectivity index (χ3n) is 8.24. The minimum Gasteiger partial charge on any atom is -0.493 e. The van der Waals surface area contributed by atoms with E-state index in [0.29, 0.717) is 59.5 Å². The number of hydrogen-bond acceptors (Lipinski definition) is 11. The normalized spacial score (nSPS) is 14.1. The molecular formula is C34H35ClF6N8O7. The molecule has 15 nitrogen and oxygen atoms in total. The van der Waals surface area contributed by atoms with Crippen molar-refractivity contribution in [1.29, 1.82) is 0 Å². The van der Waals surface area contributed by atoms with Gasteiger partial charge in [0.25, 0.3) is 0 Å². The Hall–Kier alpha value is -5.86. The molecule has 1 aromatic carbocycles. The van der Waals surface area contributed by atoms with Crippen LogP contribution in [-0.2, 0) is 22.4 Å². The van der Waals surface area contributed by atoms with Crippen molar-refractivity contribution in [1.82, 2.24) is 25.0 Å². The average molecular weight is 817 g/mol. The molecule has 0 saturated carbocycles. The molecule has 6 rings (SSSR count). The van der Waals surface area contributed by atoms with E-state index in [4.69, 9.17) is 40.7 Å². The Balaban J connectivity index is 0.000000425. The molecule has 2 aliphatic heterocycles. The summed E-state index contributed by atoms with van der Waals surface area (Å²) in [5, 5.41) is 28.1. The van der Waals surface area contributed by atoms with Crippen molar-refractivity contribution < 1.29 is 60.2 Å². The maximum atomic E-state index is 12.8. The second-order valence-corrected chi connectivity index (χ2v) is 12.8. The smallest absolute Gasteiger partial charge is 0.490 e. The Morgan fingerprint density at radius 1 is 0.964 bits per heavy atom. The van der Waals surface area contributed by atoms with Gasteiger partial charge in [0.1, 0.15) is 22.2 Å². The molecule has 302 valence electrons. The van der Waals surface area contributed by atoms with Crippen LogP contribution >= 0.6 is 11.6 Å². The Labute approximate surface area is 319 Å². The van der Waals surface area contributed by atoms with Crippen LogP contribution in [0, 0.1) is 19.8 Å². The van der Waals surface area contributed by atoms with Crippen LogP contribution in [0.4, 0.5) is 60.0 Å². The van der Waals surface area contributed by atoms with Crippen molar-refractivity contribution in [2.45, 2.75) is 58.3 Å². The van der Waals surface area contributed by atoms with Gasteiger partial charge in [0.05, 0.1) is 24.7 Å². The highest BCUT2D eigenvalue weighted by Gasteiger charge is 2.39. The predicted octanol–water partition coefficient (Wildman–Crippen LogP) is 7.70. The van der Waals surface area contributed by atoms with Crippen LogP contribution in [0.15, 0.2) is 47.4 Å². The number of aromatic nitrogens is 4. The van der Waals surface area contributed by atoms with Gasteiger partial charge in [-0.1, -0.05) is 16.8 Å². The second-order valence-electron chi connectivity index (χ2n) is 12.3. The lowest BCUT2D eigenvalue weighted by Crippen LogP contribution is -2.41. The molecule has 3 aromatic heterocycles. The lowest BCUT2D eigenvalue weighted by Gasteiger charge is -2.32. The van der Waals surface area contributed by atoms with E-state index in [2.05, 4.69) is 48.2 Å². The molecular weight excluding hydrogens is 782 g/mol. The number of piperidine rings is 1. The van der Waals surface area contributed by atoms with Crippen molar-refractivity contribution in [2.24, 2.45) is 5.92 Å². The van der Waals surface area contributed by atoms with Gasteiger partial charge in [0, 0.05) is 25.0 Å². The molecule has 5 heterocycles. The van der Waals surface area contributed by atoms with Crippen molar-refractivity contribution in [3.05, 3.63) is 70.5 Å². The maximum absolute atomic E-state index is 12.8. The van der Waals surface area contributed by atoms with E-state index in [9.17, 15) is 31.1 Å². The van der Waals surface area contributed by atoms with Crippen LogP contribution in [0.1, 0.15) is 41.8 Å². The summed E-state index contributed by atoms with van der Waals surface area (Å²) < 4.78 is 75.0. The van der Waals surface area contributed by atoms with Gasteiger partial charge >= 0.3 is 30.3 Å². The molecule has 0 atom stereocenters. The first-order chi connectivity index (χ1) is 26.3. The van der Waals surface area contributed by atoms with E-state index in [1.165, 1.54) is 0 Å². The topological polar surface area (TPSA) is 205 Å². The molecule has 6 bridgehead atoms. The summed E-state index contributed by atoms with van der Waals surface area (Å²) in [7, 11) is 0. The molecule has 22 heteroatoms. The number of carboxylic acid groups (broad SMARTS) is 2. The lowest BCUT2D eigenvalue weighted by atomic mass is 9.94. The number of anilines is 5. The molecule has 56 heavy (non-hydrogen) atoms. The molecule has 2 amide bonds. The number of halogens is 7. The van der Waals surface area contributed by atoms with Crippen molar-refractivity contribution in [3.8, 4) is 5.75 Å². The third-order valence-corrected chi connectivity index (χ3v) is 8.51. The number of benzene rings is 1. The van der Waals surface area contributed by atoms with Crippen LogP contribution in [0.25, 0.3) is 0 Å². The first-order valence-electron chi connectivity index (χ1n) is 16.7. The number of likely N-dealkylation sites (tertiary alicyclic amines) is 1. The molecule has 5 N–H and O–H groups in total. The summed E-state index contributed by atoms with van der Waals surface area (Å²) >= 11 is 6.39. The number of nitrogens with one attached hydrogen (secondary N) is 3. The van der Waals surface area contributed by atoms with Crippen LogP contribution < -0.4 is 20.7 Å². The third kappa shape index (κ3) is 12.6. The molecule has 0 spiro atoms. The van der Waals surface area contributed by atoms with Gasteiger partial charge in [-0.2, -0.15) is 31.3 Å².